The van der Waals surface area contributed by atoms with E-state index in [1.807, 2.05) is 30.5 Å². The first kappa shape index (κ1) is 18.5. The Kier molecular flexibility index (Phi) is 4.73. The van der Waals surface area contributed by atoms with Crippen LogP contribution in [0.2, 0.25) is 0 Å². The molecule has 144 valence electrons. The Morgan fingerprint density at radius 2 is 2.15 bits per heavy atom. The molecule has 5 rings (SSSR count). The minimum atomic E-state index is -0.501. The van der Waals surface area contributed by atoms with Crippen LogP contribution in [0.4, 0.5) is 0 Å². The van der Waals surface area contributed by atoms with Gasteiger partial charge in [-0.3, -0.25) is 4.98 Å². The van der Waals surface area contributed by atoms with Crippen LogP contribution in [0.15, 0.2) is 43.1 Å². The molecule has 2 aromatic rings. The summed E-state index contributed by atoms with van der Waals surface area (Å²) >= 11 is 0. The summed E-state index contributed by atoms with van der Waals surface area (Å²) in [5.41, 5.74) is 1.88. The van der Waals surface area contributed by atoms with Crippen LogP contribution < -0.4 is 4.74 Å². The van der Waals surface area contributed by atoms with Gasteiger partial charge >= 0.3 is 0 Å². The number of aliphatic hydroxyl groups is 1. The van der Waals surface area contributed by atoms with E-state index in [0.29, 0.717) is 17.9 Å². The molecule has 4 nitrogen and oxygen atoms in total. The van der Waals surface area contributed by atoms with Crippen molar-refractivity contribution in [2.75, 3.05) is 20.2 Å². The summed E-state index contributed by atoms with van der Waals surface area (Å²) < 4.78 is 6.40. The van der Waals surface area contributed by atoms with E-state index in [9.17, 15) is 5.11 Å². The topological polar surface area (TPSA) is 42.4 Å². The Morgan fingerprint density at radius 1 is 1.33 bits per heavy atom. The van der Waals surface area contributed by atoms with Crippen molar-refractivity contribution in [2.45, 2.75) is 44.9 Å². The zero-order valence-corrected chi connectivity index (χ0v) is 16.6. The third-order valence-electron chi connectivity index (χ3n) is 7.27. The first-order chi connectivity index (χ1) is 13.0. The number of quaternary nitrogens is 1. The second-order valence-corrected chi connectivity index (χ2v) is 8.58. The highest BCUT2D eigenvalue weighted by Gasteiger charge is 2.55. The molecule has 4 heteroatoms. The van der Waals surface area contributed by atoms with Gasteiger partial charge in [0.15, 0.2) is 0 Å². The van der Waals surface area contributed by atoms with Crippen LogP contribution in [-0.2, 0) is 0 Å². The second-order valence-electron chi connectivity index (χ2n) is 8.58. The Bertz CT molecular complexity index is 849. The number of hydrogen-bond donors (Lipinski definition) is 1. The van der Waals surface area contributed by atoms with E-state index in [-0.39, 0.29) is 6.04 Å². The average molecular weight is 368 g/mol. The van der Waals surface area contributed by atoms with Crippen molar-refractivity contribution in [1.82, 2.24) is 4.98 Å². The lowest BCUT2D eigenvalue weighted by molar-refractivity contribution is -0.990. The van der Waals surface area contributed by atoms with Crippen molar-refractivity contribution in [1.29, 1.82) is 0 Å². The van der Waals surface area contributed by atoms with Crippen molar-refractivity contribution >= 4 is 10.9 Å². The number of methoxy groups -OCH3 is 1. The number of benzene rings is 1. The Balaban J connectivity index is 1.77. The highest BCUT2D eigenvalue weighted by Crippen LogP contribution is 2.48. The van der Waals surface area contributed by atoms with Crippen LogP contribution in [-0.4, -0.2) is 46.9 Å². The fourth-order valence-electron chi connectivity index (χ4n) is 5.63. The third kappa shape index (κ3) is 2.86. The van der Waals surface area contributed by atoms with E-state index in [1.165, 1.54) is 6.42 Å². The lowest BCUT2D eigenvalue weighted by Crippen LogP contribution is -2.70. The maximum atomic E-state index is 11.6. The van der Waals surface area contributed by atoms with Gasteiger partial charge in [0.2, 0.25) is 0 Å². The molecule has 2 bridgehead atoms. The van der Waals surface area contributed by atoms with Gasteiger partial charge < -0.3 is 14.3 Å². The molecule has 0 spiro atoms. The highest BCUT2D eigenvalue weighted by molar-refractivity contribution is 5.83. The van der Waals surface area contributed by atoms with Gasteiger partial charge in [-0.05, 0) is 49.6 Å². The van der Waals surface area contributed by atoms with Crippen molar-refractivity contribution in [3.8, 4) is 5.75 Å². The zero-order valence-electron chi connectivity index (χ0n) is 16.6. The molecule has 3 saturated heterocycles. The smallest absolute Gasteiger partial charge is 0.131 e. The van der Waals surface area contributed by atoms with E-state index < -0.39 is 6.10 Å². The quantitative estimate of drug-likeness (QED) is 0.639. The molecule has 5 unspecified atom stereocenters. The van der Waals surface area contributed by atoms with Gasteiger partial charge in [0.05, 0.1) is 31.8 Å². The zero-order chi connectivity index (χ0) is 19.2. The van der Waals surface area contributed by atoms with Crippen LogP contribution in [0.1, 0.15) is 38.4 Å². The summed E-state index contributed by atoms with van der Waals surface area (Å²) in [5, 5.41) is 12.6. The lowest BCUT2D eigenvalue weighted by Gasteiger charge is -2.60. The molecule has 0 amide bonds. The van der Waals surface area contributed by atoms with Gasteiger partial charge in [-0.15, -0.1) is 6.58 Å². The molecule has 5 atom stereocenters. The van der Waals surface area contributed by atoms with Gasteiger partial charge in [-0.25, -0.2) is 0 Å². The molecule has 0 saturated carbocycles. The number of aliphatic hydroxyl groups excluding tert-OH is 1. The monoisotopic (exact) mass is 367 g/mol. The number of rotatable bonds is 5. The van der Waals surface area contributed by atoms with Crippen LogP contribution in [0.25, 0.3) is 10.9 Å². The number of ether oxygens (including phenoxy) is 1. The van der Waals surface area contributed by atoms with E-state index >= 15 is 0 Å². The Hall–Kier alpha value is -1.91. The number of hydrogen-bond acceptors (Lipinski definition) is 3. The fourth-order valence-corrected chi connectivity index (χ4v) is 5.63. The predicted molar refractivity (Wildman–Crippen MR) is 109 cm³/mol. The number of aromatic nitrogens is 1. The maximum absolute atomic E-state index is 11.6. The minimum Gasteiger partial charge on any atom is -0.497 e. The number of fused-ring (bicyclic) bond motifs is 4. The van der Waals surface area contributed by atoms with Gasteiger partial charge in [0, 0.05) is 30.3 Å². The second kappa shape index (κ2) is 6.92. The number of pyridine rings is 1. The Labute approximate surface area is 162 Å². The molecule has 1 aromatic heterocycles. The molecule has 3 aliphatic rings. The molecule has 0 radical (unpaired) electrons. The molecular formula is C23H31N2O2+. The normalized spacial score (nSPS) is 31.2. The van der Waals surface area contributed by atoms with Crippen LogP contribution in [0.3, 0.4) is 0 Å². The van der Waals surface area contributed by atoms with Gasteiger partial charge in [0.25, 0.3) is 0 Å². The molecule has 1 aromatic carbocycles. The molecule has 0 aliphatic carbocycles. The summed E-state index contributed by atoms with van der Waals surface area (Å²) in [4.78, 5) is 4.49. The molecule has 3 fully saturated rings. The highest BCUT2D eigenvalue weighted by atomic mass is 16.5. The first-order valence-electron chi connectivity index (χ1n) is 10.1. The lowest BCUT2D eigenvalue weighted by atomic mass is 9.70. The van der Waals surface area contributed by atoms with E-state index in [0.717, 1.165) is 46.2 Å². The van der Waals surface area contributed by atoms with Gasteiger partial charge in [-0.1, -0.05) is 6.08 Å². The molecule has 4 heterocycles. The summed E-state index contributed by atoms with van der Waals surface area (Å²) in [6.45, 7) is 10.9. The molecular weight excluding hydrogens is 336 g/mol. The molecule has 27 heavy (non-hydrogen) atoms. The van der Waals surface area contributed by atoms with Gasteiger partial charge in [0.1, 0.15) is 17.9 Å². The summed E-state index contributed by atoms with van der Waals surface area (Å²) in [7, 11) is 1.67. The Morgan fingerprint density at radius 3 is 2.85 bits per heavy atom. The van der Waals surface area contributed by atoms with E-state index in [4.69, 9.17) is 4.74 Å². The summed E-state index contributed by atoms with van der Waals surface area (Å²) in [5.74, 6) is 2.01. The van der Waals surface area contributed by atoms with Crippen LogP contribution >= 0.6 is 0 Å². The fraction of sp³-hybridized carbons (Fsp3) is 0.522. The minimum absolute atomic E-state index is 0.219. The standard InChI is InChI=1S/C23H31N2O2/c1-5-16-14-25(15(2)3)11-9-17(16)12-22(25)23(26)19-8-10-24-21-7-6-18(27-4)13-20(19)21/h5-8,10,13,15-17,22-23,26H,1,9,11-12,14H2,2-4H3/q+1. The van der Waals surface area contributed by atoms with Crippen molar-refractivity contribution in [3.63, 3.8) is 0 Å². The first-order valence-corrected chi connectivity index (χ1v) is 10.1. The van der Waals surface area contributed by atoms with Crippen molar-refractivity contribution in [2.24, 2.45) is 11.8 Å². The number of piperidine rings is 3. The van der Waals surface area contributed by atoms with Crippen molar-refractivity contribution in [3.05, 3.63) is 48.7 Å². The van der Waals surface area contributed by atoms with Crippen LogP contribution in [0, 0.1) is 11.8 Å². The largest absolute Gasteiger partial charge is 0.497 e. The van der Waals surface area contributed by atoms with Gasteiger partial charge in [-0.2, -0.15) is 0 Å². The molecule has 3 aliphatic heterocycles. The summed E-state index contributed by atoms with van der Waals surface area (Å²) in [6, 6.07) is 8.58. The van der Waals surface area contributed by atoms with E-state index in [1.54, 1.807) is 7.11 Å². The predicted octanol–water partition coefficient (Wildman–Crippen LogP) is 4.10. The maximum Gasteiger partial charge on any atom is 0.131 e. The van der Waals surface area contributed by atoms with Crippen LogP contribution in [0.5, 0.6) is 5.75 Å². The van der Waals surface area contributed by atoms with Crippen molar-refractivity contribution < 1.29 is 14.3 Å². The molecule has 1 N–H and O–H groups in total. The average Bonchev–Trinajstić information content (AvgIpc) is 2.72. The summed E-state index contributed by atoms with van der Waals surface area (Å²) in [6.07, 6.45) is 5.76. The number of nitrogens with zero attached hydrogens (tertiary/aromatic N) is 2. The SMILES string of the molecule is C=CC1C[N+]2(C(C)C)CCC1CC2C(O)c1ccnc2ccc(OC)cc12. The van der Waals surface area contributed by atoms with E-state index in [2.05, 4.69) is 31.5 Å². The third-order valence-corrected chi connectivity index (χ3v) is 7.27.